The van der Waals surface area contributed by atoms with Crippen LogP contribution in [0.2, 0.25) is 0 Å². The van der Waals surface area contributed by atoms with Crippen molar-refractivity contribution in [1.82, 2.24) is 4.98 Å². The van der Waals surface area contributed by atoms with Crippen LogP contribution < -0.4 is 5.73 Å². The van der Waals surface area contributed by atoms with Crippen LogP contribution in [0.25, 0.3) is 0 Å². The zero-order chi connectivity index (χ0) is 10.2. The van der Waals surface area contributed by atoms with E-state index in [1.165, 1.54) is 0 Å². The number of hydrogen-bond donors (Lipinski definition) is 2. The third kappa shape index (κ3) is 1.42. The highest BCUT2D eigenvalue weighted by molar-refractivity contribution is 5.30. The number of aromatic nitrogens is 1. The Morgan fingerprint density at radius 3 is 2.86 bits per heavy atom. The highest BCUT2D eigenvalue weighted by Gasteiger charge is 2.44. The first-order valence-electron chi connectivity index (χ1n) is 5.02. The van der Waals surface area contributed by atoms with E-state index >= 15 is 0 Å². The fourth-order valence-corrected chi connectivity index (χ4v) is 1.97. The molecule has 0 bridgehead atoms. The Kier molecular flexibility index (Phi) is 2.29. The summed E-state index contributed by atoms with van der Waals surface area (Å²) >= 11 is 0. The summed E-state index contributed by atoms with van der Waals surface area (Å²) in [6.45, 7) is 2.27. The van der Waals surface area contributed by atoms with Crippen molar-refractivity contribution in [1.29, 1.82) is 0 Å². The third-order valence-electron chi connectivity index (χ3n) is 3.07. The van der Waals surface area contributed by atoms with Gasteiger partial charge in [-0.3, -0.25) is 4.98 Å². The van der Waals surface area contributed by atoms with Gasteiger partial charge in [0.25, 0.3) is 0 Å². The van der Waals surface area contributed by atoms with E-state index in [0.29, 0.717) is 5.92 Å². The van der Waals surface area contributed by atoms with Crippen molar-refractivity contribution >= 4 is 0 Å². The molecule has 0 spiro atoms. The van der Waals surface area contributed by atoms with Gasteiger partial charge in [0.1, 0.15) is 5.60 Å². The standard InChI is InChI=1S/C11H16N2O/c1-8-4-5-13-6-10(8)11(14,7-12)9-2-3-9/h4-6,9,14H,2-3,7,12H2,1H3. The van der Waals surface area contributed by atoms with Crippen LogP contribution in [0.3, 0.4) is 0 Å². The van der Waals surface area contributed by atoms with Gasteiger partial charge in [-0.1, -0.05) is 0 Å². The lowest BCUT2D eigenvalue weighted by atomic mass is 9.87. The van der Waals surface area contributed by atoms with Crippen molar-refractivity contribution in [2.75, 3.05) is 6.54 Å². The lowest BCUT2D eigenvalue weighted by Gasteiger charge is -2.28. The number of hydrogen-bond acceptors (Lipinski definition) is 3. The molecule has 3 heteroatoms. The summed E-state index contributed by atoms with van der Waals surface area (Å²) < 4.78 is 0. The molecular formula is C11H16N2O. The maximum absolute atomic E-state index is 10.4. The number of nitrogens with zero attached hydrogens (tertiary/aromatic N) is 1. The van der Waals surface area contributed by atoms with E-state index in [1.807, 2.05) is 13.0 Å². The molecule has 1 unspecified atom stereocenters. The van der Waals surface area contributed by atoms with Crippen molar-refractivity contribution in [3.8, 4) is 0 Å². The average Bonchev–Trinajstić information content (AvgIpc) is 3.01. The molecular weight excluding hydrogens is 176 g/mol. The Morgan fingerprint density at radius 2 is 2.36 bits per heavy atom. The molecule has 0 saturated heterocycles. The van der Waals surface area contributed by atoms with Crippen LogP contribution in [-0.2, 0) is 5.60 Å². The van der Waals surface area contributed by atoms with Crippen molar-refractivity contribution in [2.24, 2.45) is 11.7 Å². The zero-order valence-electron chi connectivity index (χ0n) is 8.40. The Bertz CT molecular complexity index is 336. The molecule has 1 saturated carbocycles. The molecule has 1 aromatic rings. The molecule has 0 amide bonds. The van der Waals surface area contributed by atoms with Crippen molar-refractivity contribution in [2.45, 2.75) is 25.4 Å². The number of aryl methyl sites for hydroxylation is 1. The molecule has 14 heavy (non-hydrogen) atoms. The smallest absolute Gasteiger partial charge is 0.106 e. The van der Waals surface area contributed by atoms with Crippen molar-refractivity contribution in [3.05, 3.63) is 29.6 Å². The molecule has 76 valence electrons. The first-order chi connectivity index (χ1) is 6.68. The van der Waals surface area contributed by atoms with E-state index in [9.17, 15) is 5.11 Å². The Hall–Kier alpha value is -0.930. The van der Waals surface area contributed by atoms with E-state index in [0.717, 1.165) is 24.0 Å². The van der Waals surface area contributed by atoms with Gasteiger partial charge in [-0.15, -0.1) is 0 Å². The molecule has 0 aromatic carbocycles. The van der Waals surface area contributed by atoms with Gasteiger partial charge in [0.05, 0.1) is 0 Å². The van der Waals surface area contributed by atoms with E-state index in [4.69, 9.17) is 5.73 Å². The Labute approximate surface area is 84.0 Å². The lowest BCUT2D eigenvalue weighted by molar-refractivity contribution is 0.0213. The zero-order valence-corrected chi connectivity index (χ0v) is 8.40. The van der Waals surface area contributed by atoms with Crippen LogP contribution in [0.1, 0.15) is 24.0 Å². The maximum Gasteiger partial charge on any atom is 0.106 e. The minimum absolute atomic E-state index is 0.282. The van der Waals surface area contributed by atoms with Crippen molar-refractivity contribution < 1.29 is 5.11 Å². The third-order valence-corrected chi connectivity index (χ3v) is 3.07. The highest BCUT2D eigenvalue weighted by Crippen LogP contribution is 2.45. The second-order valence-corrected chi connectivity index (χ2v) is 4.09. The minimum Gasteiger partial charge on any atom is -0.383 e. The fourth-order valence-electron chi connectivity index (χ4n) is 1.97. The first-order valence-corrected chi connectivity index (χ1v) is 5.02. The number of aliphatic hydroxyl groups is 1. The van der Waals surface area contributed by atoms with Gasteiger partial charge >= 0.3 is 0 Å². The van der Waals surface area contributed by atoms with E-state index in [-0.39, 0.29) is 6.54 Å². The summed E-state index contributed by atoms with van der Waals surface area (Å²) in [5.74, 6) is 0.329. The number of pyridine rings is 1. The number of rotatable bonds is 3. The van der Waals surface area contributed by atoms with Gasteiger partial charge in [0.15, 0.2) is 0 Å². The first kappa shape index (κ1) is 9.62. The van der Waals surface area contributed by atoms with E-state index in [2.05, 4.69) is 4.98 Å². The van der Waals surface area contributed by atoms with E-state index in [1.54, 1.807) is 12.4 Å². The van der Waals surface area contributed by atoms with Gasteiger partial charge in [0, 0.05) is 24.5 Å². The molecule has 1 aromatic heterocycles. The normalized spacial score (nSPS) is 20.5. The molecule has 1 aliphatic carbocycles. The minimum atomic E-state index is -0.849. The molecule has 3 N–H and O–H groups in total. The van der Waals surface area contributed by atoms with Gasteiger partial charge in [0.2, 0.25) is 0 Å². The highest BCUT2D eigenvalue weighted by atomic mass is 16.3. The summed E-state index contributed by atoms with van der Waals surface area (Å²) in [5.41, 5.74) is 6.79. The Balaban J connectivity index is 2.40. The largest absolute Gasteiger partial charge is 0.383 e. The van der Waals surface area contributed by atoms with Crippen LogP contribution >= 0.6 is 0 Å². The van der Waals surface area contributed by atoms with Crippen LogP contribution in [0.4, 0.5) is 0 Å². The maximum atomic E-state index is 10.4. The topological polar surface area (TPSA) is 59.1 Å². The second-order valence-electron chi connectivity index (χ2n) is 4.09. The summed E-state index contributed by atoms with van der Waals surface area (Å²) in [4.78, 5) is 4.05. The lowest BCUT2D eigenvalue weighted by Crippen LogP contribution is -2.37. The molecule has 3 nitrogen and oxygen atoms in total. The molecule has 0 aliphatic heterocycles. The van der Waals surface area contributed by atoms with Gasteiger partial charge in [-0.25, -0.2) is 0 Å². The molecule has 1 atom stereocenters. The monoisotopic (exact) mass is 192 g/mol. The predicted molar refractivity (Wildman–Crippen MR) is 54.6 cm³/mol. The Morgan fingerprint density at radius 1 is 1.64 bits per heavy atom. The van der Waals surface area contributed by atoms with Crippen LogP contribution in [0, 0.1) is 12.8 Å². The summed E-state index contributed by atoms with van der Waals surface area (Å²) in [6, 6.07) is 1.92. The van der Waals surface area contributed by atoms with Gasteiger partial charge < -0.3 is 10.8 Å². The van der Waals surface area contributed by atoms with Crippen LogP contribution in [0.15, 0.2) is 18.5 Å². The summed E-state index contributed by atoms with van der Waals surface area (Å²) in [7, 11) is 0. The average molecular weight is 192 g/mol. The molecule has 1 aliphatic rings. The molecule has 2 rings (SSSR count). The van der Waals surface area contributed by atoms with Crippen molar-refractivity contribution in [3.63, 3.8) is 0 Å². The van der Waals surface area contributed by atoms with Crippen LogP contribution in [-0.4, -0.2) is 16.6 Å². The van der Waals surface area contributed by atoms with Gasteiger partial charge in [-0.05, 0) is 37.3 Å². The van der Waals surface area contributed by atoms with Gasteiger partial charge in [-0.2, -0.15) is 0 Å². The molecule has 1 fully saturated rings. The quantitative estimate of drug-likeness (QED) is 0.749. The van der Waals surface area contributed by atoms with Crippen LogP contribution in [0.5, 0.6) is 0 Å². The second kappa shape index (κ2) is 3.33. The molecule has 1 heterocycles. The number of nitrogens with two attached hydrogens (primary N) is 1. The summed E-state index contributed by atoms with van der Waals surface area (Å²) in [6.07, 6.45) is 5.62. The SMILES string of the molecule is Cc1ccncc1C(O)(CN)C1CC1. The predicted octanol–water partition coefficient (Wildman–Crippen LogP) is 0.946. The molecule has 0 radical (unpaired) electrons. The fraction of sp³-hybridized carbons (Fsp3) is 0.545. The van der Waals surface area contributed by atoms with E-state index < -0.39 is 5.60 Å². The summed E-state index contributed by atoms with van der Waals surface area (Å²) in [5, 5.41) is 10.4.